The third kappa shape index (κ3) is 4.16. The maximum Gasteiger partial charge on any atom is 0.00707 e. The van der Waals surface area contributed by atoms with Crippen LogP contribution in [0, 0.1) is 0 Å². The molecular weight excluding hydrogens is 206 g/mol. The van der Waals surface area contributed by atoms with Gasteiger partial charge in [-0.2, -0.15) is 0 Å². The van der Waals surface area contributed by atoms with Crippen molar-refractivity contribution in [1.29, 1.82) is 0 Å². The van der Waals surface area contributed by atoms with E-state index in [0.29, 0.717) is 0 Å². The van der Waals surface area contributed by atoms with E-state index in [2.05, 4.69) is 36.5 Å². The van der Waals surface area contributed by atoms with E-state index in [4.69, 9.17) is 0 Å². The van der Waals surface area contributed by atoms with Crippen LogP contribution in [0.3, 0.4) is 0 Å². The second-order valence-electron chi connectivity index (χ2n) is 5.25. The first kappa shape index (κ1) is 12.6. The van der Waals surface area contributed by atoms with Gasteiger partial charge in [0.2, 0.25) is 0 Å². The Morgan fingerprint density at radius 2 is 1.82 bits per heavy atom. The molecule has 1 saturated heterocycles. The van der Waals surface area contributed by atoms with Crippen molar-refractivity contribution < 1.29 is 0 Å². The molecule has 0 amide bonds. The molecule has 0 radical (unpaired) electrons. The lowest BCUT2D eigenvalue weighted by Crippen LogP contribution is -2.21. The van der Waals surface area contributed by atoms with E-state index in [1.54, 1.807) is 0 Å². The molecule has 1 unspecified atom stereocenters. The molecule has 0 aliphatic carbocycles. The fourth-order valence-electron chi connectivity index (χ4n) is 2.60. The first-order chi connectivity index (χ1) is 8.38. The zero-order valence-electron chi connectivity index (χ0n) is 11.0. The Morgan fingerprint density at radius 1 is 1.12 bits per heavy atom. The maximum atomic E-state index is 3.57. The van der Waals surface area contributed by atoms with Crippen molar-refractivity contribution in [2.45, 2.75) is 57.9 Å². The fraction of sp³-hybridized carbons (Fsp3) is 0.625. The minimum Gasteiger partial charge on any atom is -0.314 e. The van der Waals surface area contributed by atoms with Crippen molar-refractivity contribution in [2.75, 3.05) is 6.54 Å². The Balaban J connectivity index is 1.76. The Kier molecular flexibility index (Phi) is 5.06. The van der Waals surface area contributed by atoms with Gasteiger partial charge < -0.3 is 5.32 Å². The summed E-state index contributed by atoms with van der Waals surface area (Å²) in [6, 6.07) is 10.0. The molecular formula is C16H25N. The van der Waals surface area contributed by atoms with Gasteiger partial charge in [0.15, 0.2) is 0 Å². The number of unbranched alkanes of at least 4 members (excludes halogenated alkanes) is 1. The molecule has 1 aromatic carbocycles. The molecule has 1 aliphatic heterocycles. The second-order valence-corrected chi connectivity index (χ2v) is 5.25. The van der Waals surface area contributed by atoms with Crippen molar-refractivity contribution in [3.05, 3.63) is 35.4 Å². The molecule has 1 heterocycles. The number of aryl methyl sites for hydroxylation is 2. The van der Waals surface area contributed by atoms with Gasteiger partial charge in [-0.05, 0) is 56.2 Å². The SMILES string of the molecule is CCCCc1ccc(CCC2CCCN2)cc1. The van der Waals surface area contributed by atoms with E-state index in [-0.39, 0.29) is 0 Å². The monoisotopic (exact) mass is 231 g/mol. The van der Waals surface area contributed by atoms with Crippen LogP contribution in [0.25, 0.3) is 0 Å². The van der Waals surface area contributed by atoms with Crippen molar-refractivity contribution in [2.24, 2.45) is 0 Å². The van der Waals surface area contributed by atoms with Gasteiger partial charge >= 0.3 is 0 Å². The summed E-state index contributed by atoms with van der Waals surface area (Å²) in [5.74, 6) is 0. The summed E-state index contributed by atoms with van der Waals surface area (Å²) >= 11 is 0. The van der Waals surface area contributed by atoms with Crippen molar-refractivity contribution in [3.8, 4) is 0 Å². The molecule has 1 heteroatoms. The van der Waals surface area contributed by atoms with Gasteiger partial charge in [0, 0.05) is 6.04 Å². The van der Waals surface area contributed by atoms with Crippen molar-refractivity contribution >= 4 is 0 Å². The predicted molar refractivity (Wildman–Crippen MR) is 74.4 cm³/mol. The summed E-state index contributed by atoms with van der Waals surface area (Å²) in [5, 5.41) is 3.57. The predicted octanol–water partition coefficient (Wildman–Crippen LogP) is 3.71. The van der Waals surface area contributed by atoms with Crippen LogP contribution >= 0.6 is 0 Å². The van der Waals surface area contributed by atoms with E-state index >= 15 is 0 Å². The lowest BCUT2D eigenvalue weighted by atomic mass is 10.0. The first-order valence-electron chi connectivity index (χ1n) is 7.19. The average Bonchev–Trinajstić information content (AvgIpc) is 2.88. The second kappa shape index (κ2) is 6.80. The highest BCUT2D eigenvalue weighted by molar-refractivity contribution is 5.22. The molecule has 1 fully saturated rings. The Hall–Kier alpha value is -0.820. The number of hydrogen-bond donors (Lipinski definition) is 1. The zero-order chi connectivity index (χ0) is 11.9. The summed E-state index contributed by atoms with van der Waals surface area (Å²) in [4.78, 5) is 0. The highest BCUT2D eigenvalue weighted by atomic mass is 14.9. The van der Waals surface area contributed by atoms with Crippen LogP contribution in [0.15, 0.2) is 24.3 Å². The molecule has 1 nitrogen and oxygen atoms in total. The van der Waals surface area contributed by atoms with Crippen LogP contribution in [0.4, 0.5) is 0 Å². The summed E-state index contributed by atoms with van der Waals surface area (Å²) in [6.07, 6.45) is 9.09. The third-order valence-corrected chi connectivity index (χ3v) is 3.79. The van der Waals surface area contributed by atoms with Gasteiger partial charge in [0.1, 0.15) is 0 Å². The molecule has 2 rings (SSSR count). The average molecular weight is 231 g/mol. The van der Waals surface area contributed by atoms with E-state index in [0.717, 1.165) is 6.04 Å². The van der Waals surface area contributed by atoms with Gasteiger partial charge in [0.25, 0.3) is 0 Å². The van der Waals surface area contributed by atoms with Gasteiger partial charge in [-0.25, -0.2) is 0 Å². The summed E-state index contributed by atoms with van der Waals surface area (Å²) in [5.41, 5.74) is 2.99. The zero-order valence-corrected chi connectivity index (χ0v) is 11.0. The summed E-state index contributed by atoms with van der Waals surface area (Å²) in [6.45, 7) is 3.48. The van der Waals surface area contributed by atoms with Gasteiger partial charge in [-0.1, -0.05) is 37.6 Å². The molecule has 1 N–H and O–H groups in total. The summed E-state index contributed by atoms with van der Waals surface area (Å²) in [7, 11) is 0. The van der Waals surface area contributed by atoms with Crippen LogP contribution < -0.4 is 5.32 Å². The quantitative estimate of drug-likeness (QED) is 0.787. The smallest absolute Gasteiger partial charge is 0.00707 e. The molecule has 0 bridgehead atoms. The van der Waals surface area contributed by atoms with Crippen LogP contribution in [0.2, 0.25) is 0 Å². The molecule has 1 aromatic rings. The van der Waals surface area contributed by atoms with Crippen LogP contribution in [-0.2, 0) is 12.8 Å². The highest BCUT2D eigenvalue weighted by Gasteiger charge is 2.13. The molecule has 17 heavy (non-hydrogen) atoms. The van der Waals surface area contributed by atoms with E-state index in [1.165, 1.54) is 62.6 Å². The third-order valence-electron chi connectivity index (χ3n) is 3.79. The standard InChI is InChI=1S/C16H25N/c1-2-3-5-14-7-9-15(10-8-14)11-12-16-6-4-13-17-16/h7-10,16-17H,2-6,11-13H2,1H3. The number of benzene rings is 1. The minimum absolute atomic E-state index is 0.773. The lowest BCUT2D eigenvalue weighted by Gasteiger charge is -2.10. The fourth-order valence-corrected chi connectivity index (χ4v) is 2.60. The lowest BCUT2D eigenvalue weighted by molar-refractivity contribution is 0.559. The van der Waals surface area contributed by atoms with Crippen LogP contribution in [-0.4, -0.2) is 12.6 Å². The first-order valence-corrected chi connectivity index (χ1v) is 7.19. The molecule has 0 saturated carbocycles. The van der Waals surface area contributed by atoms with E-state index in [9.17, 15) is 0 Å². The highest BCUT2D eigenvalue weighted by Crippen LogP contribution is 2.14. The number of hydrogen-bond acceptors (Lipinski definition) is 1. The maximum absolute atomic E-state index is 3.57. The van der Waals surface area contributed by atoms with Gasteiger partial charge in [0.05, 0.1) is 0 Å². The molecule has 0 aromatic heterocycles. The van der Waals surface area contributed by atoms with Gasteiger partial charge in [-0.15, -0.1) is 0 Å². The molecule has 0 spiro atoms. The van der Waals surface area contributed by atoms with Gasteiger partial charge in [-0.3, -0.25) is 0 Å². The van der Waals surface area contributed by atoms with Crippen molar-refractivity contribution in [3.63, 3.8) is 0 Å². The molecule has 94 valence electrons. The Morgan fingerprint density at radius 3 is 2.41 bits per heavy atom. The van der Waals surface area contributed by atoms with Crippen molar-refractivity contribution in [1.82, 2.24) is 5.32 Å². The Labute approximate surface area is 106 Å². The Bertz CT molecular complexity index is 309. The molecule has 1 atom stereocenters. The minimum atomic E-state index is 0.773. The largest absolute Gasteiger partial charge is 0.314 e. The van der Waals surface area contributed by atoms with E-state index in [1.807, 2.05) is 0 Å². The normalized spacial score (nSPS) is 19.7. The van der Waals surface area contributed by atoms with Crippen LogP contribution in [0.1, 0.15) is 50.2 Å². The summed E-state index contributed by atoms with van der Waals surface area (Å²) < 4.78 is 0. The molecule has 1 aliphatic rings. The number of rotatable bonds is 6. The van der Waals surface area contributed by atoms with Crippen LogP contribution in [0.5, 0.6) is 0 Å². The topological polar surface area (TPSA) is 12.0 Å². The van der Waals surface area contributed by atoms with E-state index < -0.39 is 0 Å². The number of nitrogens with one attached hydrogen (secondary N) is 1.